The number of carbonyl (C=O) groups is 2. The number of methoxy groups -OCH3 is 2. The Morgan fingerprint density at radius 2 is 1.98 bits per heavy atom. The topological polar surface area (TPSA) is 74.3 Å². The SMILES string of the molecule is CCOC(=O)[C@@H]1CC=C([C@@H](OC)[C@@H]2CC[C@H]2CN2CC3(CCCc4cc(Cl)ccc43)COc3ccc(C(=O)OC)cc32)CC1. The molecule has 3 aliphatic carbocycles. The maximum atomic E-state index is 12.6. The lowest BCUT2D eigenvalue weighted by Crippen LogP contribution is -2.50. The number of aryl methyl sites for hydroxylation is 1. The second-order valence-electron chi connectivity index (χ2n) is 12.9. The number of benzene rings is 2. The molecule has 0 N–H and O–H groups in total. The maximum absolute atomic E-state index is 12.6. The minimum atomic E-state index is -0.351. The monoisotopic (exact) mass is 621 g/mol. The zero-order chi connectivity index (χ0) is 30.8. The fourth-order valence-corrected chi connectivity index (χ4v) is 8.24. The molecule has 0 radical (unpaired) electrons. The van der Waals surface area contributed by atoms with E-state index < -0.39 is 0 Å². The normalized spacial score (nSPS) is 26.7. The van der Waals surface area contributed by atoms with E-state index in [4.69, 9.17) is 30.5 Å². The van der Waals surface area contributed by atoms with Crippen LogP contribution in [-0.2, 0) is 30.8 Å². The van der Waals surface area contributed by atoms with Crippen molar-refractivity contribution in [2.45, 2.75) is 69.8 Å². The molecule has 6 rings (SSSR count). The summed E-state index contributed by atoms with van der Waals surface area (Å²) < 4.78 is 23.1. The van der Waals surface area contributed by atoms with E-state index in [1.807, 2.05) is 32.2 Å². The number of hydrogen-bond donors (Lipinski definition) is 0. The van der Waals surface area contributed by atoms with E-state index in [1.165, 1.54) is 23.8 Å². The quantitative estimate of drug-likeness (QED) is 0.234. The number of esters is 2. The Morgan fingerprint density at radius 1 is 1.11 bits per heavy atom. The molecule has 1 spiro atoms. The Bertz CT molecular complexity index is 1420. The summed E-state index contributed by atoms with van der Waals surface area (Å²) in [5.74, 6) is 1.10. The smallest absolute Gasteiger partial charge is 0.337 e. The van der Waals surface area contributed by atoms with E-state index in [0.29, 0.717) is 37.0 Å². The minimum Gasteiger partial charge on any atom is -0.490 e. The summed E-state index contributed by atoms with van der Waals surface area (Å²) >= 11 is 6.43. The van der Waals surface area contributed by atoms with E-state index >= 15 is 0 Å². The molecule has 0 aromatic heterocycles. The zero-order valence-corrected chi connectivity index (χ0v) is 26.9. The molecule has 0 amide bonds. The van der Waals surface area contributed by atoms with E-state index in [0.717, 1.165) is 74.5 Å². The molecule has 2 aromatic carbocycles. The Morgan fingerprint density at radius 3 is 2.68 bits per heavy atom. The average molecular weight is 622 g/mol. The molecule has 44 heavy (non-hydrogen) atoms. The maximum Gasteiger partial charge on any atom is 0.337 e. The fraction of sp³-hybridized carbons (Fsp3) is 0.556. The van der Waals surface area contributed by atoms with E-state index in [-0.39, 0.29) is 29.4 Å². The van der Waals surface area contributed by atoms with Crippen molar-refractivity contribution in [1.82, 2.24) is 0 Å². The number of nitrogens with zero attached hydrogens (tertiary/aromatic N) is 1. The van der Waals surface area contributed by atoms with Crippen molar-refractivity contribution in [3.8, 4) is 5.75 Å². The third kappa shape index (κ3) is 5.97. The largest absolute Gasteiger partial charge is 0.490 e. The van der Waals surface area contributed by atoms with Gasteiger partial charge in [0, 0.05) is 30.6 Å². The first-order valence-corrected chi connectivity index (χ1v) is 16.5. The van der Waals surface area contributed by atoms with Crippen LogP contribution in [0.2, 0.25) is 5.02 Å². The van der Waals surface area contributed by atoms with Gasteiger partial charge in [-0.15, -0.1) is 0 Å². The number of rotatable bonds is 8. The van der Waals surface area contributed by atoms with Gasteiger partial charge in [0.2, 0.25) is 0 Å². The Balaban J connectivity index is 1.28. The molecule has 1 saturated carbocycles. The van der Waals surface area contributed by atoms with Crippen molar-refractivity contribution >= 4 is 29.2 Å². The molecule has 1 heterocycles. The number of ether oxygens (including phenoxy) is 4. The Kier molecular flexibility index (Phi) is 9.25. The molecule has 1 unspecified atom stereocenters. The second kappa shape index (κ2) is 13.1. The highest BCUT2D eigenvalue weighted by Crippen LogP contribution is 2.48. The highest BCUT2D eigenvalue weighted by molar-refractivity contribution is 6.30. The van der Waals surface area contributed by atoms with Gasteiger partial charge < -0.3 is 23.8 Å². The summed E-state index contributed by atoms with van der Waals surface area (Å²) in [6.45, 7) is 4.49. The van der Waals surface area contributed by atoms with Crippen molar-refractivity contribution < 1.29 is 28.5 Å². The Hall–Kier alpha value is -3.03. The van der Waals surface area contributed by atoms with Gasteiger partial charge in [-0.3, -0.25) is 4.79 Å². The van der Waals surface area contributed by atoms with Crippen LogP contribution in [0.1, 0.15) is 73.4 Å². The predicted molar refractivity (Wildman–Crippen MR) is 171 cm³/mol. The molecule has 7 nitrogen and oxygen atoms in total. The van der Waals surface area contributed by atoms with Crippen molar-refractivity contribution in [2.75, 3.05) is 45.4 Å². The number of anilines is 1. The Labute approximate surface area is 265 Å². The van der Waals surface area contributed by atoms with Crippen LogP contribution in [0.4, 0.5) is 5.69 Å². The van der Waals surface area contributed by atoms with Crippen LogP contribution in [0.15, 0.2) is 48.0 Å². The van der Waals surface area contributed by atoms with Gasteiger partial charge in [0.25, 0.3) is 0 Å². The summed E-state index contributed by atoms with van der Waals surface area (Å²) in [7, 11) is 3.23. The minimum absolute atomic E-state index is 0.0347. The molecule has 2 aromatic rings. The van der Waals surface area contributed by atoms with Gasteiger partial charge in [-0.05, 0) is 117 Å². The molecule has 1 aliphatic heterocycles. The molecule has 1 fully saturated rings. The summed E-state index contributed by atoms with van der Waals surface area (Å²) in [6, 6.07) is 12.0. The summed E-state index contributed by atoms with van der Waals surface area (Å²) in [5, 5.41) is 0.770. The lowest BCUT2D eigenvalue weighted by molar-refractivity contribution is -0.148. The van der Waals surface area contributed by atoms with E-state index in [1.54, 1.807) is 6.07 Å². The summed E-state index contributed by atoms with van der Waals surface area (Å²) in [4.78, 5) is 27.4. The molecule has 8 heteroatoms. The lowest BCUT2D eigenvalue weighted by atomic mass is 9.66. The first-order valence-electron chi connectivity index (χ1n) is 16.1. The molecule has 0 saturated heterocycles. The van der Waals surface area contributed by atoms with Crippen LogP contribution in [0.5, 0.6) is 5.75 Å². The molecule has 0 bridgehead atoms. The highest BCUT2D eigenvalue weighted by atomic mass is 35.5. The van der Waals surface area contributed by atoms with E-state index in [2.05, 4.69) is 23.1 Å². The van der Waals surface area contributed by atoms with Gasteiger partial charge in [-0.1, -0.05) is 23.7 Å². The third-order valence-corrected chi connectivity index (χ3v) is 10.7. The average Bonchev–Trinajstić information content (AvgIpc) is 3.18. The van der Waals surface area contributed by atoms with Crippen molar-refractivity contribution in [1.29, 1.82) is 0 Å². The fourth-order valence-electron chi connectivity index (χ4n) is 8.05. The molecule has 4 aliphatic rings. The van der Waals surface area contributed by atoms with Crippen LogP contribution in [0.3, 0.4) is 0 Å². The molecule has 5 atom stereocenters. The molecular formula is C36H44ClNO6. The van der Waals surface area contributed by atoms with E-state index in [9.17, 15) is 9.59 Å². The van der Waals surface area contributed by atoms with Crippen molar-refractivity contribution in [3.05, 3.63) is 69.8 Å². The van der Waals surface area contributed by atoms with Crippen LogP contribution in [-0.4, -0.2) is 58.6 Å². The van der Waals surface area contributed by atoms with Gasteiger partial charge in [-0.2, -0.15) is 0 Å². The number of halogens is 1. The lowest BCUT2D eigenvalue weighted by Gasteiger charge is -2.47. The van der Waals surface area contributed by atoms with Gasteiger partial charge in [-0.25, -0.2) is 4.79 Å². The molecular weight excluding hydrogens is 578 g/mol. The number of carbonyl (C=O) groups excluding carboxylic acids is 2. The van der Waals surface area contributed by atoms with Crippen LogP contribution >= 0.6 is 11.6 Å². The van der Waals surface area contributed by atoms with Gasteiger partial charge in [0.15, 0.2) is 0 Å². The van der Waals surface area contributed by atoms with Crippen LogP contribution < -0.4 is 9.64 Å². The summed E-state index contributed by atoms with van der Waals surface area (Å²) in [6.07, 6.45) is 9.98. The second-order valence-corrected chi connectivity index (χ2v) is 13.4. The van der Waals surface area contributed by atoms with Gasteiger partial charge >= 0.3 is 11.9 Å². The first kappa shape index (κ1) is 31.0. The first-order chi connectivity index (χ1) is 21.4. The standard InChI is InChI=1S/C36H44ClNO6/c1-4-43-35(40)24-9-7-23(8-10-24)33(41-2)29-14-11-27(29)20-38-21-36(17-5-6-25-18-28(37)13-15-30(25)36)22-44-32-16-12-26(19-31(32)38)34(39)42-3/h7,12-13,15-16,18-19,24,27,29,33H,4-6,8-11,14,17,20-22H2,1-3H3/t24-,27+,29-,33-,36?/m1/s1. The van der Waals surface area contributed by atoms with Gasteiger partial charge in [0.05, 0.1) is 43.6 Å². The van der Waals surface area contributed by atoms with Crippen LogP contribution in [0, 0.1) is 17.8 Å². The third-order valence-electron chi connectivity index (χ3n) is 10.5. The number of allylic oxidation sites excluding steroid dienone is 1. The van der Waals surface area contributed by atoms with Crippen molar-refractivity contribution in [2.24, 2.45) is 17.8 Å². The van der Waals surface area contributed by atoms with Crippen LogP contribution in [0.25, 0.3) is 0 Å². The number of fused-ring (bicyclic) bond motifs is 3. The van der Waals surface area contributed by atoms with Crippen molar-refractivity contribution in [3.63, 3.8) is 0 Å². The summed E-state index contributed by atoms with van der Waals surface area (Å²) in [5.41, 5.74) is 5.22. The molecule has 236 valence electrons. The predicted octanol–water partition coefficient (Wildman–Crippen LogP) is 6.93. The zero-order valence-electron chi connectivity index (χ0n) is 26.1. The highest BCUT2D eigenvalue weighted by Gasteiger charge is 2.45. The number of hydrogen-bond acceptors (Lipinski definition) is 7. The van der Waals surface area contributed by atoms with Gasteiger partial charge in [0.1, 0.15) is 5.75 Å².